The van der Waals surface area contributed by atoms with E-state index in [-0.39, 0.29) is 11.7 Å². The number of amides is 1. The van der Waals surface area contributed by atoms with E-state index in [1.807, 2.05) is 48.0 Å². The van der Waals surface area contributed by atoms with Crippen LogP contribution in [0, 0.1) is 0 Å². The third-order valence-corrected chi connectivity index (χ3v) is 4.93. The average Bonchev–Trinajstić information content (AvgIpc) is 3.02. The number of ether oxygens (including phenoxy) is 2. The van der Waals surface area contributed by atoms with Crippen LogP contribution < -0.4 is 14.9 Å². The fraction of sp³-hybridized carbons (Fsp3) is 0.211. The van der Waals surface area contributed by atoms with Gasteiger partial charge >= 0.3 is 0 Å². The van der Waals surface area contributed by atoms with E-state index in [1.54, 1.807) is 20.3 Å². The molecule has 0 aliphatic heterocycles. The van der Waals surface area contributed by atoms with Crippen molar-refractivity contribution in [2.45, 2.75) is 5.16 Å². The van der Waals surface area contributed by atoms with Crippen molar-refractivity contribution in [1.29, 1.82) is 0 Å². The van der Waals surface area contributed by atoms with E-state index in [9.17, 15) is 4.79 Å². The number of hydrogen-bond acceptors (Lipinski definition) is 6. The van der Waals surface area contributed by atoms with Crippen LogP contribution in [-0.2, 0) is 11.8 Å². The van der Waals surface area contributed by atoms with Gasteiger partial charge in [-0.2, -0.15) is 5.10 Å². The number of imidazole rings is 1. The molecule has 1 amide bonds. The van der Waals surface area contributed by atoms with Gasteiger partial charge in [0.1, 0.15) is 0 Å². The highest BCUT2D eigenvalue weighted by atomic mass is 32.2. The number of carbonyl (C=O) groups excluding carboxylic acids is 1. The first-order chi connectivity index (χ1) is 13.1. The monoisotopic (exact) mass is 384 g/mol. The molecule has 0 aliphatic carbocycles. The normalized spacial score (nSPS) is 11.1. The lowest BCUT2D eigenvalue weighted by molar-refractivity contribution is -0.118. The summed E-state index contributed by atoms with van der Waals surface area (Å²) in [5.41, 5.74) is 5.17. The first-order valence-corrected chi connectivity index (χ1v) is 9.19. The van der Waals surface area contributed by atoms with Crippen LogP contribution in [0.2, 0.25) is 0 Å². The standard InChI is InChI=1S/C19H20N4O3S/c1-23-15-9-5-4-8-14(15)21-19(23)27-12-17(24)22-20-11-13-7-6-10-16(25-2)18(13)26-3/h4-11H,12H2,1-3H3,(H,22,24)/b20-11-. The lowest BCUT2D eigenvalue weighted by Gasteiger charge is -2.09. The zero-order valence-electron chi connectivity index (χ0n) is 15.3. The number of benzene rings is 2. The molecule has 3 rings (SSSR count). The Hall–Kier alpha value is -3.00. The van der Waals surface area contributed by atoms with Crippen molar-refractivity contribution in [3.63, 3.8) is 0 Å². The van der Waals surface area contributed by atoms with Crippen molar-refractivity contribution in [2.75, 3.05) is 20.0 Å². The molecule has 7 nitrogen and oxygen atoms in total. The molecule has 8 heteroatoms. The van der Waals surface area contributed by atoms with Gasteiger partial charge in [-0.1, -0.05) is 30.0 Å². The number of methoxy groups -OCH3 is 2. The molecule has 1 N–H and O–H groups in total. The van der Waals surface area contributed by atoms with Gasteiger partial charge < -0.3 is 14.0 Å². The number of aromatic nitrogens is 2. The summed E-state index contributed by atoms with van der Waals surface area (Å²) in [6.07, 6.45) is 1.53. The first-order valence-electron chi connectivity index (χ1n) is 8.21. The highest BCUT2D eigenvalue weighted by Crippen LogP contribution is 2.29. The summed E-state index contributed by atoms with van der Waals surface area (Å²) >= 11 is 1.36. The minimum absolute atomic E-state index is 0.212. The van der Waals surface area contributed by atoms with Crippen LogP contribution in [0.25, 0.3) is 11.0 Å². The van der Waals surface area contributed by atoms with Crippen molar-refractivity contribution in [3.8, 4) is 11.5 Å². The number of nitrogens with one attached hydrogen (secondary N) is 1. The van der Waals surface area contributed by atoms with Gasteiger partial charge in [0.15, 0.2) is 16.7 Å². The maximum atomic E-state index is 12.1. The van der Waals surface area contributed by atoms with Crippen LogP contribution in [0.1, 0.15) is 5.56 Å². The Bertz CT molecular complexity index is 984. The molecule has 0 saturated heterocycles. The maximum absolute atomic E-state index is 12.1. The molecule has 0 spiro atoms. The van der Waals surface area contributed by atoms with Gasteiger partial charge in [-0.05, 0) is 24.3 Å². The molecule has 2 aromatic carbocycles. The molecular weight excluding hydrogens is 364 g/mol. The second-order valence-electron chi connectivity index (χ2n) is 5.61. The van der Waals surface area contributed by atoms with E-state index in [0.29, 0.717) is 17.1 Å². The number of para-hydroxylation sites is 3. The Morgan fingerprint density at radius 1 is 1.22 bits per heavy atom. The number of rotatable bonds is 7. The molecule has 0 fully saturated rings. The van der Waals surface area contributed by atoms with Crippen LogP contribution in [0.4, 0.5) is 0 Å². The minimum Gasteiger partial charge on any atom is -0.493 e. The number of nitrogens with zero attached hydrogens (tertiary/aromatic N) is 3. The quantitative estimate of drug-likeness (QED) is 0.385. The Kier molecular flexibility index (Phi) is 5.97. The van der Waals surface area contributed by atoms with E-state index < -0.39 is 0 Å². The molecule has 0 bridgehead atoms. The fourth-order valence-electron chi connectivity index (χ4n) is 2.60. The molecule has 0 aliphatic rings. The van der Waals surface area contributed by atoms with Gasteiger partial charge in [-0.3, -0.25) is 4.79 Å². The van der Waals surface area contributed by atoms with Crippen molar-refractivity contribution in [2.24, 2.45) is 12.1 Å². The Labute approximate surface area is 161 Å². The van der Waals surface area contributed by atoms with Crippen LogP contribution in [0.15, 0.2) is 52.7 Å². The Morgan fingerprint density at radius 2 is 2.04 bits per heavy atom. The van der Waals surface area contributed by atoms with Gasteiger partial charge in [-0.25, -0.2) is 10.4 Å². The topological polar surface area (TPSA) is 77.7 Å². The highest BCUT2D eigenvalue weighted by Gasteiger charge is 2.10. The molecule has 0 saturated carbocycles. The van der Waals surface area contributed by atoms with Crippen LogP contribution in [0.5, 0.6) is 11.5 Å². The third kappa shape index (κ3) is 4.22. The lowest BCUT2D eigenvalue weighted by Crippen LogP contribution is -2.20. The number of aryl methyl sites for hydroxylation is 1. The fourth-order valence-corrected chi connectivity index (χ4v) is 3.38. The van der Waals surface area contributed by atoms with E-state index >= 15 is 0 Å². The molecule has 1 heterocycles. The predicted octanol–water partition coefficient (Wildman–Crippen LogP) is 2.83. The summed E-state index contributed by atoms with van der Waals surface area (Å²) in [4.78, 5) is 16.6. The summed E-state index contributed by atoms with van der Waals surface area (Å²) in [5, 5.41) is 4.78. The summed E-state index contributed by atoms with van der Waals surface area (Å²) in [5.74, 6) is 1.16. The first kappa shape index (κ1) is 18.8. The summed E-state index contributed by atoms with van der Waals surface area (Å²) in [7, 11) is 5.06. The van der Waals surface area contributed by atoms with E-state index in [4.69, 9.17) is 9.47 Å². The van der Waals surface area contributed by atoms with Crippen molar-refractivity contribution < 1.29 is 14.3 Å². The molecule has 140 valence electrons. The van der Waals surface area contributed by atoms with E-state index in [2.05, 4.69) is 15.5 Å². The summed E-state index contributed by atoms with van der Waals surface area (Å²) in [6, 6.07) is 13.3. The summed E-state index contributed by atoms with van der Waals surface area (Å²) in [6.45, 7) is 0. The highest BCUT2D eigenvalue weighted by molar-refractivity contribution is 7.99. The number of hydrazone groups is 1. The Morgan fingerprint density at radius 3 is 2.78 bits per heavy atom. The van der Waals surface area contributed by atoms with Crippen LogP contribution in [0.3, 0.4) is 0 Å². The van der Waals surface area contributed by atoms with Crippen LogP contribution >= 0.6 is 11.8 Å². The van der Waals surface area contributed by atoms with Gasteiger partial charge in [0.05, 0.1) is 37.2 Å². The predicted molar refractivity (Wildman–Crippen MR) is 107 cm³/mol. The van der Waals surface area contributed by atoms with E-state index in [0.717, 1.165) is 16.2 Å². The van der Waals surface area contributed by atoms with Crippen molar-refractivity contribution >= 4 is 34.9 Å². The van der Waals surface area contributed by atoms with Crippen molar-refractivity contribution in [1.82, 2.24) is 15.0 Å². The zero-order valence-corrected chi connectivity index (χ0v) is 16.1. The zero-order chi connectivity index (χ0) is 19.2. The molecular formula is C19H20N4O3S. The Balaban J connectivity index is 1.60. The number of carbonyl (C=O) groups is 1. The van der Waals surface area contributed by atoms with Gasteiger partial charge in [-0.15, -0.1) is 0 Å². The maximum Gasteiger partial charge on any atom is 0.250 e. The largest absolute Gasteiger partial charge is 0.493 e. The van der Waals surface area contributed by atoms with E-state index in [1.165, 1.54) is 18.0 Å². The molecule has 27 heavy (non-hydrogen) atoms. The molecule has 1 aromatic heterocycles. The summed E-state index contributed by atoms with van der Waals surface area (Å²) < 4.78 is 12.5. The minimum atomic E-state index is -0.217. The molecule has 3 aromatic rings. The smallest absolute Gasteiger partial charge is 0.250 e. The van der Waals surface area contributed by atoms with Crippen LogP contribution in [-0.4, -0.2) is 41.6 Å². The SMILES string of the molecule is COc1cccc(/C=N\NC(=O)CSc2nc3ccccc3n2C)c1OC. The molecule has 0 radical (unpaired) electrons. The molecule has 0 unspecified atom stereocenters. The van der Waals surface area contributed by atoms with Gasteiger partial charge in [0, 0.05) is 12.6 Å². The van der Waals surface area contributed by atoms with Gasteiger partial charge in [0.2, 0.25) is 0 Å². The second-order valence-corrected chi connectivity index (χ2v) is 6.55. The number of hydrogen-bond donors (Lipinski definition) is 1. The second kappa shape index (κ2) is 8.59. The number of fused-ring (bicyclic) bond motifs is 1. The average molecular weight is 384 g/mol. The van der Waals surface area contributed by atoms with Gasteiger partial charge in [0.25, 0.3) is 5.91 Å². The number of thioether (sulfide) groups is 1. The van der Waals surface area contributed by atoms with Crippen molar-refractivity contribution in [3.05, 3.63) is 48.0 Å². The lowest BCUT2D eigenvalue weighted by atomic mass is 10.2. The molecule has 0 atom stereocenters. The third-order valence-electron chi connectivity index (χ3n) is 3.90.